The number of nitrogens with zero attached hydrogens (tertiary/aromatic N) is 4. The van der Waals surface area contributed by atoms with Crippen molar-refractivity contribution in [2.45, 2.75) is 32.0 Å². The first-order valence-corrected chi connectivity index (χ1v) is 14.8. The van der Waals surface area contributed by atoms with Crippen LogP contribution in [-0.2, 0) is 13.1 Å². The van der Waals surface area contributed by atoms with E-state index in [1.54, 1.807) is 19.5 Å². The smallest absolute Gasteiger partial charge is 0.126 e. The Morgan fingerprint density at radius 2 is 1.20 bits per heavy atom. The summed E-state index contributed by atoms with van der Waals surface area (Å²) in [6.45, 7) is 2.99. The average molecular weight is 613 g/mol. The molecule has 0 bridgehead atoms. The van der Waals surface area contributed by atoms with Gasteiger partial charge >= 0.3 is 0 Å². The summed E-state index contributed by atoms with van der Waals surface area (Å²) in [6, 6.07) is 22.7. The molecule has 1 fully saturated rings. The van der Waals surface area contributed by atoms with Gasteiger partial charge in [-0.3, -0.25) is 14.9 Å². The second-order valence-electron chi connectivity index (χ2n) is 11.2. The maximum Gasteiger partial charge on any atom is 0.126 e. The van der Waals surface area contributed by atoms with E-state index in [1.165, 1.54) is 24.3 Å². The van der Waals surface area contributed by atoms with Gasteiger partial charge in [0.15, 0.2) is 0 Å². The van der Waals surface area contributed by atoms with Crippen molar-refractivity contribution in [2.24, 2.45) is 0 Å². The highest BCUT2D eigenvalue weighted by Gasteiger charge is 2.26. The van der Waals surface area contributed by atoms with E-state index in [0.717, 1.165) is 60.6 Å². The largest absolute Gasteiger partial charge is 0.497 e. The highest BCUT2D eigenvalue weighted by Crippen LogP contribution is 2.30. The van der Waals surface area contributed by atoms with Crippen LogP contribution in [0, 0.1) is 23.3 Å². The first kappa shape index (κ1) is 30.3. The van der Waals surface area contributed by atoms with Crippen LogP contribution in [0.4, 0.5) is 23.2 Å². The second-order valence-corrected chi connectivity index (χ2v) is 11.2. The first-order chi connectivity index (χ1) is 21.8. The molecule has 3 aromatic carbocycles. The molecule has 230 valence electrons. The second kappa shape index (κ2) is 13.5. The summed E-state index contributed by atoms with van der Waals surface area (Å²) in [7, 11) is 1.64. The molecule has 0 spiro atoms. The Balaban J connectivity index is 1.18. The van der Waals surface area contributed by atoms with Crippen molar-refractivity contribution in [2.75, 3.05) is 25.1 Å². The van der Waals surface area contributed by atoms with Crippen LogP contribution in [-0.4, -0.2) is 41.1 Å². The van der Waals surface area contributed by atoms with E-state index in [-0.39, 0.29) is 6.04 Å². The van der Waals surface area contributed by atoms with Crippen molar-refractivity contribution in [3.05, 3.63) is 132 Å². The molecule has 6 rings (SSSR count). The van der Waals surface area contributed by atoms with Gasteiger partial charge in [0.25, 0.3) is 0 Å². The van der Waals surface area contributed by atoms with Gasteiger partial charge in [0.1, 0.15) is 29.0 Å². The number of ether oxygens (including phenoxy) is 1. The summed E-state index contributed by atoms with van der Waals surface area (Å²) < 4.78 is 60.8. The molecule has 1 aliphatic heterocycles. The number of methoxy groups -OCH3 is 1. The highest BCUT2D eigenvalue weighted by molar-refractivity contribution is 5.61. The van der Waals surface area contributed by atoms with Crippen LogP contribution >= 0.6 is 0 Å². The molecule has 9 heteroatoms. The third-order valence-corrected chi connectivity index (χ3v) is 8.13. The quantitative estimate of drug-likeness (QED) is 0.158. The molecule has 0 amide bonds. The highest BCUT2D eigenvalue weighted by atomic mass is 19.1. The molecule has 0 aliphatic carbocycles. The lowest BCUT2D eigenvalue weighted by Crippen LogP contribution is -2.44. The van der Waals surface area contributed by atoms with Crippen molar-refractivity contribution in [3.63, 3.8) is 0 Å². The summed E-state index contributed by atoms with van der Waals surface area (Å²) in [5, 5.41) is 0. The number of hydrogen-bond acceptors (Lipinski definition) is 5. The molecule has 0 atom stereocenters. The fourth-order valence-electron chi connectivity index (χ4n) is 5.91. The number of rotatable bonds is 9. The lowest BCUT2D eigenvalue weighted by atomic mass is 10.00. The Bertz CT molecular complexity index is 1730. The lowest BCUT2D eigenvalue weighted by Gasteiger charge is -2.40. The minimum Gasteiger partial charge on any atom is -0.497 e. The maximum atomic E-state index is 13.9. The van der Waals surface area contributed by atoms with Crippen LogP contribution in [0.2, 0.25) is 0 Å². The van der Waals surface area contributed by atoms with Crippen molar-refractivity contribution < 1.29 is 22.3 Å². The van der Waals surface area contributed by atoms with E-state index < -0.39 is 23.3 Å². The van der Waals surface area contributed by atoms with E-state index in [1.807, 2.05) is 48.5 Å². The summed E-state index contributed by atoms with van der Waals surface area (Å²) >= 11 is 0. The first-order valence-electron chi connectivity index (χ1n) is 14.8. The standard InChI is InChI=1S/C36H32F4N4O/c1-45-34-4-2-32(3-5-34)44(23-25-7-11-42-36(15-25)27-18-30(39)21-31(40)19-27)33-8-12-43(13-9-33)22-24-6-10-41-35(14-24)26-16-28(37)20-29(38)17-26/h2-7,10-11,14-21,33H,8-9,12-13,22-23H2,1H3. The monoisotopic (exact) mass is 612 g/mol. The predicted octanol–water partition coefficient (Wildman–Crippen LogP) is 8.05. The number of hydrogen-bond donors (Lipinski definition) is 0. The number of halogens is 4. The molecule has 0 N–H and O–H groups in total. The lowest BCUT2D eigenvalue weighted by molar-refractivity contribution is 0.201. The Morgan fingerprint density at radius 1 is 0.689 bits per heavy atom. The van der Waals surface area contributed by atoms with Crippen LogP contribution in [0.5, 0.6) is 5.75 Å². The molecule has 5 nitrogen and oxygen atoms in total. The maximum absolute atomic E-state index is 13.9. The summed E-state index contributed by atoms with van der Waals surface area (Å²) in [5.41, 5.74) is 4.88. The van der Waals surface area contributed by atoms with Gasteiger partial charge in [-0.1, -0.05) is 0 Å². The molecule has 2 aromatic heterocycles. The molecule has 0 radical (unpaired) electrons. The molecule has 1 aliphatic rings. The molecule has 5 aromatic rings. The van der Waals surface area contributed by atoms with Crippen molar-refractivity contribution in [3.8, 4) is 28.3 Å². The fraction of sp³-hybridized carbons (Fsp3) is 0.222. The van der Waals surface area contributed by atoms with Crippen molar-refractivity contribution in [1.29, 1.82) is 0 Å². The third kappa shape index (κ3) is 7.49. The Morgan fingerprint density at radius 3 is 1.73 bits per heavy atom. The fourth-order valence-corrected chi connectivity index (χ4v) is 5.91. The normalized spacial score (nSPS) is 14.0. The van der Waals surface area contributed by atoms with Gasteiger partial charge in [0.2, 0.25) is 0 Å². The van der Waals surface area contributed by atoms with Gasteiger partial charge in [-0.2, -0.15) is 0 Å². The van der Waals surface area contributed by atoms with E-state index in [0.29, 0.717) is 35.6 Å². The van der Waals surface area contributed by atoms with Crippen molar-refractivity contribution in [1.82, 2.24) is 14.9 Å². The van der Waals surface area contributed by atoms with Gasteiger partial charge in [-0.05, 0) is 96.8 Å². The number of anilines is 1. The summed E-state index contributed by atoms with van der Waals surface area (Å²) in [5.74, 6) is -1.78. The topological polar surface area (TPSA) is 41.5 Å². The zero-order valence-electron chi connectivity index (χ0n) is 24.8. The SMILES string of the molecule is COc1ccc(N(Cc2ccnc(-c3cc(F)cc(F)c3)c2)C2CCN(Cc3ccnc(-c4cc(F)cc(F)c4)c3)CC2)cc1. The van der Waals surface area contributed by atoms with Gasteiger partial charge < -0.3 is 9.64 Å². The number of benzene rings is 3. The van der Waals surface area contributed by atoms with Gasteiger partial charge in [-0.25, -0.2) is 17.6 Å². The predicted molar refractivity (Wildman–Crippen MR) is 167 cm³/mol. The van der Waals surface area contributed by atoms with Crippen LogP contribution in [0.1, 0.15) is 24.0 Å². The minimum atomic E-state index is -0.644. The average Bonchev–Trinajstić information content (AvgIpc) is 3.04. The molecular weight excluding hydrogens is 580 g/mol. The van der Waals surface area contributed by atoms with E-state index in [2.05, 4.69) is 19.8 Å². The van der Waals surface area contributed by atoms with Gasteiger partial charge in [-0.15, -0.1) is 0 Å². The Hall–Kier alpha value is -4.76. The zero-order chi connectivity index (χ0) is 31.3. The Kier molecular flexibility index (Phi) is 9.07. The van der Waals surface area contributed by atoms with Crippen molar-refractivity contribution >= 4 is 5.69 Å². The molecular formula is C36H32F4N4O. The summed E-state index contributed by atoms with van der Waals surface area (Å²) in [4.78, 5) is 13.4. The van der Waals surface area contributed by atoms with E-state index in [4.69, 9.17) is 4.74 Å². The summed E-state index contributed by atoms with van der Waals surface area (Å²) in [6.07, 6.45) is 5.16. The Labute approximate surface area is 259 Å². The van der Waals surface area contributed by atoms with Crippen LogP contribution in [0.15, 0.2) is 97.3 Å². The van der Waals surface area contributed by atoms with Gasteiger partial charge in [0, 0.05) is 73.6 Å². The third-order valence-electron chi connectivity index (χ3n) is 8.13. The minimum absolute atomic E-state index is 0.237. The number of aromatic nitrogens is 2. The zero-order valence-corrected chi connectivity index (χ0v) is 24.8. The number of likely N-dealkylation sites (tertiary alicyclic amines) is 1. The van der Waals surface area contributed by atoms with Crippen LogP contribution < -0.4 is 9.64 Å². The van der Waals surface area contributed by atoms with E-state index >= 15 is 0 Å². The molecule has 0 unspecified atom stereocenters. The number of pyridine rings is 2. The van der Waals surface area contributed by atoms with Crippen LogP contribution in [0.25, 0.3) is 22.5 Å². The molecule has 1 saturated heterocycles. The van der Waals surface area contributed by atoms with E-state index in [9.17, 15) is 17.6 Å². The number of piperidine rings is 1. The molecule has 45 heavy (non-hydrogen) atoms. The van der Waals surface area contributed by atoms with Gasteiger partial charge in [0.05, 0.1) is 18.5 Å². The molecule has 0 saturated carbocycles. The van der Waals surface area contributed by atoms with Crippen LogP contribution in [0.3, 0.4) is 0 Å². The molecule has 3 heterocycles.